The number of rotatable bonds is 5. The first kappa shape index (κ1) is 18.7. The number of nitrogens with zero attached hydrogens (tertiary/aromatic N) is 3. The molecule has 1 aliphatic heterocycles. The second kappa shape index (κ2) is 7.75. The monoisotopic (exact) mass is 396 g/mol. The molecular formula is C21H24N4O2S. The Morgan fingerprint density at radius 3 is 2.71 bits per heavy atom. The number of thiophene rings is 1. The summed E-state index contributed by atoms with van der Waals surface area (Å²) < 4.78 is 5.37. The van der Waals surface area contributed by atoms with Crippen LogP contribution in [0.2, 0.25) is 0 Å². The number of aryl methyl sites for hydroxylation is 2. The maximum atomic E-state index is 12.9. The molecule has 1 N–H and O–H groups in total. The summed E-state index contributed by atoms with van der Waals surface area (Å²) >= 11 is 1.44. The SMILES string of the molecule is COc1ccccc1CNC(=O)c1sc2nc(C)nc(N3CCCC3)c2c1C. The summed E-state index contributed by atoms with van der Waals surface area (Å²) in [6, 6.07) is 7.71. The van der Waals surface area contributed by atoms with Crippen molar-refractivity contribution in [2.24, 2.45) is 0 Å². The molecule has 4 rings (SSSR count). The number of carbonyl (C=O) groups excluding carboxylic acids is 1. The summed E-state index contributed by atoms with van der Waals surface area (Å²) in [7, 11) is 1.64. The number of hydrogen-bond donors (Lipinski definition) is 1. The Morgan fingerprint density at radius 2 is 1.96 bits per heavy atom. The van der Waals surface area contributed by atoms with Gasteiger partial charge in [-0.2, -0.15) is 0 Å². The summed E-state index contributed by atoms with van der Waals surface area (Å²) in [6.07, 6.45) is 2.36. The molecule has 0 radical (unpaired) electrons. The van der Waals surface area contributed by atoms with Crippen molar-refractivity contribution in [3.8, 4) is 5.75 Å². The molecule has 1 amide bonds. The lowest BCUT2D eigenvalue weighted by Crippen LogP contribution is -2.23. The van der Waals surface area contributed by atoms with Crippen molar-refractivity contribution in [1.82, 2.24) is 15.3 Å². The Kier molecular flexibility index (Phi) is 5.17. The second-order valence-electron chi connectivity index (χ2n) is 7.02. The summed E-state index contributed by atoms with van der Waals surface area (Å²) in [6.45, 7) is 6.34. The zero-order chi connectivity index (χ0) is 19.7. The maximum Gasteiger partial charge on any atom is 0.261 e. The van der Waals surface area contributed by atoms with Crippen LogP contribution in [-0.4, -0.2) is 36.1 Å². The molecule has 0 spiro atoms. The number of aromatic nitrogens is 2. The quantitative estimate of drug-likeness (QED) is 0.710. The highest BCUT2D eigenvalue weighted by Crippen LogP contribution is 2.36. The fraction of sp³-hybridized carbons (Fsp3) is 0.381. The van der Waals surface area contributed by atoms with Gasteiger partial charge in [0.15, 0.2) is 0 Å². The van der Waals surface area contributed by atoms with Crippen LogP contribution < -0.4 is 15.0 Å². The van der Waals surface area contributed by atoms with Crippen molar-refractivity contribution in [3.63, 3.8) is 0 Å². The van der Waals surface area contributed by atoms with Crippen LogP contribution in [0.1, 0.15) is 39.5 Å². The van der Waals surface area contributed by atoms with Gasteiger partial charge in [-0.1, -0.05) is 18.2 Å². The fourth-order valence-corrected chi connectivity index (χ4v) is 4.84. The number of nitrogens with one attached hydrogen (secondary N) is 1. The largest absolute Gasteiger partial charge is 0.496 e. The highest BCUT2D eigenvalue weighted by Gasteiger charge is 2.24. The molecule has 0 bridgehead atoms. The molecule has 1 saturated heterocycles. The third kappa shape index (κ3) is 3.42. The Hall–Kier alpha value is -2.67. The van der Waals surface area contributed by atoms with Crippen LogP contribution in [-0.2, 0) is 6.54 Å². The van der Waals surface area contributed by atoms with Gasteiger partial charge in [0.2, 0.25) is 0 Å². The third-order valence-electron chi connectivity index (χ3n) is 5.13. The molecule has 2 aromatic heterocycles. The lowest BCUT2D eigenvalue weighted by molar-refractivity contribution is 0.0954. The molecule has 6 nitrogen and oxygen atoms in total. The average Bonchev–Trinajstić information content (AvgIpc) is 3.34. The standard InChI is InChI=1S/C21H24N4O2S/c1-13-17-19(25-10-6-7-11-25)23-14(2)24-21(17)28-18(13)20(26)22-12-15-8-4-5-9-16(15)27-3/h4-5,8-9H,6-7,10-12H2,1-3H3,(H,22,26). The summed E-state index contributed by atoms with van der Waals surface area (Å²) in [5.74, 6) is 2.40. The van der Waals surface area contributed by atoms with Crippen LogP contribution in [0.5, 0.6) is 5.75 Å². The van der Waals surface area contributed by atoms with Crippen molar-refractivity contribution in [3.05, 3.63) is 46.1 Å². The Labute approximate surface area is 168 Å². The summed E-state index contributed by atoms with van der Waals surface area (Å²) in [4.78, 5) is 26.1. The summed E-state index contributed by atoms with van der Waals surface area (Å²) in [5, 5.41) is 4.04. The number of benzene rings is 1. The maximum absolute atomic E-state index is 12.9. The van der Waals surface area contributed by atoms with Crippen molar-refractivity contribution >= 4 is 33.3 Å². The first-order valence-electron chi connectivity index (χ1n) is 9.51. The molecule has 1 fully saturated rings. The Bertz CT molecular complexity index is 1020. The van der Waals surface area contributed by atoms with Gasteiger partial charge in [-0.25, -0.2) is 9.97 Å². The Morgan fingerprint density at radius 1 is 1.21 bits per heavy atom. The number of ether oxygens (including phenoxy) is 1. The van der Waals surface area contributed by atoms with E-state index >= 15 is 0 Å². The smallest absolute Gasteiger partial charge is 0.261 e. The van der Waals surface area contributed by atoms with Gasteiger partial charge in [-0.05, 0) is 38.3 Å². The first-order chi connectivity index (χ1) is 13.6. The van der Waals surface area contributed by atoms with Crippen LogP contribution in [0, 0.1) is 13.8 Å². The van der Waals surface area contributed by atoms with Crippen LogP contribution >= 0.6 is 11.3 Å². The molecule has 7 heteroatoms. The van der Waals surface area contributed by atoms with Crippen molar-refractivity contribution in [2.75, 3.05) is 25.1 Å². The zero-order valence-corrected chi connectivity index (χ0v) is 17.2. The van der Waals surface area contributed by atoms with Crippen LogP contribution in [0.15, 0.2) is 24.3 Å². The molecule has 0 saturated carbocycles. The van der Waals surface area contributed by atoms with Crippen LogP contribution in [0.4, 0.5) is 5.82 Å². The van der Waals surface area contributed by atoms with Crippen LogP contribution in [0.25, 0.3) is 10.2 Å². The molecule has 3 aromatic rings. The third-order valence-corrected chi connectivity index (χ3v) is 6.31. The minimum atomic E-state index is -0.0866. The fourth-order valence-electron chi connectivity index (χ4n) is 3.70. The topological polar surface area (TPSA) is 67.3 Å². The van der Waals surface area contributed by atoms with Crippen molar-refractivity contribution < 1.29 is 9.53 Å². The number of para-hydroxylation sites is 1. The number of amides is 1. The minimum absolute atomic E-state index is 0.0866. The molecule has 0 unspecified atom stereocenters. The van der Waals surface area contributed by atoms with E-state index < -0.39 is 0 Å². The van der Waals surface area contributed by atoms with E-state index in [-0.39, 0.29) is 5.91 Å². The summed E-state index contributed by atoms with van der Waals surface area (Å²) in [5.41, 5.74) is 1.91. The molecule has 0 aliphatic carbocycles. The molecule has 28 heavy (non-hydrogen) atoms. The van der Waals surface area contributed by atoms with Crippen molar-refractivity contribution in [2.45, 2.75) is 33.2 Å². The normalized spacial score (nSPS) is 13.9. The van der Waals surface area contributed by atoms with Gasteiger partial charge < -0.3 is 15.0 Å². The number of hydrogen-bond acceptors (Lipinski definition) is 6. The number of anilines is 1. The zero-order valence-electron chi connectivity index (χ0n) is 16.4. The van der Waals surface area contributed by atoms with Gasteiger partial charge in [-0.3, -0.25) is 4.79 Å². The van der Waals surface area contributed by atoms with Gasteiger partial charge in [-0.15, -0.1) is 11.3 Å². The first-order valence-corrected chi connectivity index (χ1v) is 10.3. The van der Waals surface area contributed by atoms with E-state index in [0.29, 0.717) is 11.4 Å². The minimum Gasteiger partial charge on any atom is -0.496 e. The van der Waals surface area contributed by atoms with E-state index in [1.807, 2.05) is 38.1 Å². The highest BCUT2D eigenvalue weighted by atomic mass is 32.1. The predicted molar refractivity (Wildman–Crippen MR) is 113 cm³/mol. The molecule has 0 atom stereocenters. The van der Waals surface area contributed by atoms with Gasteiger partial charge >= 0.3 is 0 Å². The van der Waals surface area contributed by atoms with E-state index in [1.165, 1.54) is 24.2 Å². The second-order valence-corrected chi connectivity index (χ2v) is 8.02. The highest BCUT2D eigenvalue weighted by molar-refractivity contribution is 7.20. The van der Waals surface area contributed by atoms with Gasteiger partial charge in [0.1, 0.15) is 22.2 Å². The van der Waals surface area contributed by atoms with Gasteiger partial charge in [0.25, 0.3) is 5.91 Å². The van der Waals surface area contributed by atoms with E-state index in [1.54, 1.807) is 7.11 Å². The molecule has 1 aromatic carbocycles. The number of fused-ring (bicyclic) bond motifs is 1. The van der Waals surface area contributed by atoms with Gasteiger partial charge in [0, 0.05) is 25.2 Å². The van der Waals surface area contributed by atoms with Gasteiger partial charge in [0.05, 0.1) is 17.4 Å². The lowest BCUT2D eigenvalue weighted by Gasteiger charge is -2.18. The van der Waals surface area contributed by atoms with E-state index in [4.69, 9.17) is 9.72 Å². The number of methoxy groups -OCH3 is 1. The van der Waals surface area contributed by atoms with Crippen molar-refractivity contribution in [1.29, 1.82) is 0 Å². The molecule has 146 valence electrons. The van der Waals surface area contributed by atoms with E-state index in [9.17, 15) is 4.79 Å². The van der Waals surface area contributed by atoms with E-state index in [0.717, 1.165) is 51.8 Å². The molecule has 1 aliphatic rings. The Balaban J connectivity index is 1.64. The molecule has 3 heterocycles. The number of carbonyl (C=O) groups is 1. The van der Waals surface area contributed by atoms with Crippen LogP contribution in [0.3, 0.4) is 0 Å². The predicted octanol–water partition coefficient (Wildman–Crippen LogP) is 3.85. The van der Waals surface area contributed by atoms with E-state index in [2.05, 4.69) is 15.2 Å². The molecular weight excluding hydrogens is 372 g/mol. The average molecular weight is 397 g/mol. The lowest BCUT2D eigenvalue weighted by atomic mass is 10.1.